The highest BCUT2D eigenvalue weighted by atomic mass is 35.5. The van der Waals surface area contributed by atoms with Gasteiger partial charge < -0.3 is 14.8 Å². The number of benzene rings is 1. The van der Waals surface area contributed by atoms with E-state index in [1.165, 1.54) is 0 Å². The van der Waals surface area contributed by atoms with Crippen molar-refractivity contribution in [2.24, 2.45) is 0 Å². The molecule has 0 aromatic heterocycles. The summed E-state index contributed by atoms with van der Waals surface area (Å²) in [6.07, 6.45) is 1.92. The van der Waals surface area contributed by atoms with Crippen LogP contribution in [0.5, 0.6) is 11.5 Å². The van der Waals surface area contributed by atoms with Crippen molar-refractivity contribution in [3.63, 3.8) is 0 Å². The van der Waals surface area contributed by atoms with Crippen LogP contribution >= 0.6 is 11.6 Å². The number of nitrogens with one attached hydrogen (secondary N) is 1. The van der Waals surface area contributed by atoms with E-state index in [0.29, 0.717) is 19.3 Å². The molecular formula is C17H26ClNO2. The van der Waals surface area contributed by atoms with E-state index in [1.54, 1.807) is 0 Å². The van der Waals surface area contributed by atoms with Gasteiger partial charge in [-0.3, -0.25) is 0 Å². The van der Waals surface area contributed by atoms with Crippen molar-refractivity contribution in [1.29, 1.82) is 0 Å². The van der Waals surface area contributed by atoms with Crippen molar-refractivity contribution < 1.29 is 9.47 Å². The van der Waals surface area contributed by atoms with Gasteiger partial charge in [-0.15, -0.1) is 0 Å². The van der Waals surface area contributed by atoms with Crippen LogP contribution in [0.1, 0.15) is 46.1 Å². The fraction of sp³-hybridized carbons (Fsp3) is 0.647. The molecule has 1 aliphatic heterocycles. The third-order valence-corrected chi connectivity index (χ3v) is 4.18. The van der Waals surface area contributed by atoms with Crippen molar-refractivity contribution in [2.75, 3.05) is 19.8 Å². The first-order chi connectivity index (χ1) is 9.90. The number of rotatable bonds is 5. The van der Waals surface area contributed by atoms with Gasteiger partial charge in [0, 0.05) is 23.6 Å². The van der Waals surface area contributed by atoms with Gasteiger partial charge in [-0.25, -0.2) is 0 Å². The summed E-state index contributed by atoms with van der Waals surface area (Å²) in [5.74, 6) is 1.58. The van der Waals surface area contributed by atoms with Gasteiger partial charge in [0.05, 0.1) is 13.2 Å². The molecule has 3 nitrogen and oxygen atoms in total. The largest absolute Gasteiger partial charge is 0.490 e. The third-order valence-electron chi connectivity index (χ3n) is 3.87. The SMILES string of the molecule is CC(C)NCCC(C)(C)c1cc2c(cc1Cl)OCCCO2. The Morgan fingerprint density at radius 1 is 1.19 bits per heavy atom. The van der Waals surface area contributed by atoms with Crippen molar-refractivity contribution in [2.45, 2.75) is 52.0 Å². The van der Waals surface area contributed by atoms with Crippen molar-refractivity contribution >= 4 is 11.6 Å². The lowest BCUT2D eigenvalue weighted by molar-refractivity contribution is 0.296. The van der Waals surface area contributed by atoms with Crippen LogP contribution in [-0.4, -0.2) is 25.8 Å². The van der Waals surface area contributed by atoms with Gasteiger partial charge >= 0.3 is 0 Å². The van der Waals surface area contributed by atoms with Crippen LogP contribution in [0, 0.1) is 0 Å². The quantitative estimate of drug-likeness (QED) is 0.885. The smallest absolute Gasteiger partial charge is 0.162 e. The van der Waals surface area contributed by atoms with E-state index in [-0.39, 0.29) is 5.41 Å². The number of halogens is 1. The Balaban J connectivity index is 2.19. The maximum absolute atomic E-state index is 6.48. The number of hydrogen-bond acceptors (Lipinski definition) is 3. The molecule has 0 unspecified atom stereocenters. The second-order valence-electron chi connectivity index (χ2n) is 6.57. The molecule has 118 valence electrons. The number of fused-ring (bicyclic) bond motifs is 1. The van der Waals surface area contributed by atoms with Crippen LogP contribution in [-0.2, 0) is 5.41 Å². The van der Waals surface area contributed by atoms with Gasteiger partial charge in [-0.2, -0.15) is 0 Å². The fourth-order valence-corrected chi connectivity index (χ4v) is 2.92. The van der Waals surface area contributed by atoms with Gasteiger partial charge in [-0.1, -0.05) is 39.3 Å². The summed E-state index contributed by atoms with van der Waals surface area (Å²) in [4.78, 5) is 0. The van der Waals surface area contributed by atoms with Gasteiger partial charge in [-0.05, 0) is 30.0 Å². The molecule has 1 heterocycles. The minimum atomic E-state index is -0.0103. The minimum Gasteiger partial charge on any atom is -0.490 e. The van der Waals surface area contributed by atoms with E-state index in [1.807, 2.05) is 6.07 Å². The topological polar surface area (TPSA) is 30.5 Å². The molecular weight excluding hydrogens is 286 g/mol. The van der Waals surface area contributed by atoms with E-state index in [0.717, 1.165) is 41.5 Å². The van der Waals surface area contributed by atoms with E-state index < -0.39 is 0 Å². The summed E-state index contributed by atoms with van der Waals surface area (Å²) in [5.41, 5.74) is 1.11. The predicted molar refractivity (Wildman–Crippen MR) is 87.8 cm³/mol. The molecule has 0 fully saturated rings. The zero-order chi connectivity index (χ0) is 15.5. The normalized spacial score (nSPS) is 15.1. The average Bonchev–Trinajstić information content (AvgIpc) is 2.61. The Morgan fingerprint density at radius 3 is 2.43 bits per heavy atom. The fourth-order valence-electron chi connectivity index (χ4n) is 2.51. The van der Waals surface area contributed by atoms with Crippen LogP contribution in [0.3, 0.4) is 0 Å². The Labute approximate surface area is 133 Å². The first-order valence-corrected chi connectivity index (χ1v) is 8.11. The number of hydrogen-bond donors (Lipinski definition) is 1. The summed E-state index contributed by atoms with van der Waals surface area (Å²) in [6.45, 7) is 11.1. The van der Waals surface area contributed by atoms with Crippen LogP contribution < -0.4 is 14.8 Å². The first-order valence-electron chi connectivity index (χ1n) is 7.73. The highest BCUT2D eigenvalue weighted by Gasteiger charge is 2.26. The Hall–Kier alpha value is -0.930. The second-order valence-corrected chi connectivity index (χ2v) is 6.98. The molecule has 0 radical (unpaired) electrons. The molecule has 0 saturated carbocycles. The van der Waals surface area contributed by atoms with E-state index >= 15 is 0 Å². The summed E-state index contributed by atoms with van der Waals surface area (Å²) in [7, 11) is 0. The molecule has 21 heavy (non-hydrogen) atoms. The molecule has 1 aromatic rings. The highest BCUT2D eigenvalue weighted by molar-refractivity contribution is 6.31. The average molecular weight is 312 g/mol. The Bertz CT molecular complexity index is 486. The molecule has 0 bridgehead atoms. The molecule has 1 aliphatic rings. The summed E-state index contributed by atoms with van der Waals surface area (Å²) < 4.78 is 11.5. The predicted octanol–water partition coefficient (Wildman–Crippen LogP) is 4.17. The molecule has 0 spiro atoms. The molecule has 0 saturated heterocycles. The third kappa shape index (κ3) is 4.27. The lowest BCUT2D eigenvalue weighted by Gasteiger charge is -2.28. The van der Waals surface area contributed by atoms with Gasteiger partial charge in [0.25, 0.3) is 0 Å². The van der Waals surface area contributed by atoms with E-state index in [2.05, 4.69) is 39.1 Å². The molecule has 0 aliphatic carbocycles. The maximum Gasteiger partial charge on any atom is 0.162 e. The Morgan fingerprint density at radius 2 is 1.81 bits per heavy atom. The summed E-state index contributed by atoms with van der Waals surface area (Å²) >= 11 is 6.48. The summed E-state index contributed by atoms with van der Waals surface area (Å²) in [5, 5.41) is 4.22. The lowest BCUT2D eigenvalue weighted by Crippen LogP contribution is -2.29. The van der Waals surface area contributed by atoms with Crippen molar-refractivity contribution in [3.05, 3.63) is 22.7 Å². The van der Waals surface area contributed by atoms with Gasteiger partial charge in [0.2, 0.25) is 0 Å². The molecule has 1 N–H and O–H groups in total. The zero-order valence-electron chi connectivity index (χ0n) is 13.5. The van der Waals surface area contributed by atoms with Crippen molar-refractivity contribution in [1.82, 2.24) is 5.32 Å². The number of ether oxygens (including phenoxy) is 2. The standard InChI is InChI=1S/C17H26ClNO2/c1-12(2)19-7-6-17(3,4)13-10-15-16(11-14(13)18)21-9-5-8-20-15/h10-12,19H,5-9H2,1-4H3. The highest BCUT2D eigenvalue weighted by Crippen LogP contribution is 2.41. The van der Waals surface area contributed by atoms with Crippen LogP contribution in [0.15, 0.2) is 12.1 Å². The van der Waals surface area contributed by atoms with Crippen molar-refractivity contribution in [3.8, 4) is 11.5 Å². The maximum atomic E-state index is 6.48. The van der Waals surface area contributed by atoms with Crippen LogP contribution in [0.4, 0.5) is 0 Å². The van der Waals surface area contributed by atoms with E-state index in [4.69, 9.17) is 21.1 Å². The van der Waals surface area contributed by atoms with Gasteiger partial charge in [0.1, 0.15) is 0 Å². The minimum absolute atomic E-state index is 0.0103. The van der Waals surface area contributed by atoms with Gasteiger partial charge in [0.15, 0.2) is 11.5 Å². The molecule has 0 amide bonds. The summed E-state index contributed by atoms with van der Waals surface area (Å²) in [6, 6.07) is 4.45. The molecule has 4 heteroatoms. The second kappa shape index (κ2) is 6.89. The van der Waals surface area contributed by atoms with Crippen LogP contribution in [0.2, 0.25) is 5.02 Å². The monoisotopic (exact) mass is 311 g/mol. The van der Waals surface area contributed by atoms with E-state index in [9.17, 15) is 0 Å². The van der Waals surface area contributed by atoms with Crippen LogP contribution in [0.25, 0.3) is 0 Å². The molecule has 2 rings (SSSR count). The first kappa shape index (κ1) is 16.4. The molecule has 0 atom stereocenters. The lowest BCUT2D eigenvalue weighted by atomic mass is 9.81. The molecule has 1 aromatic carbocycles. The zero-order valence-corrected chi connectivity index (χ0v) is 14.2. The Kier molecular flexibility index (Phi) is 5.39.